The Morgan fingerprint density at radius 2 is 1.86 bits per heavy atom. The average molecular weight is 356 g/mol. The van der Waals surface area contributed by atoms with E-state index in [9.17, 15) is 13.9 Å². The molecule has 0 heterocycles. The molecule has 5 heteroatoms. The van der Waals surface area contributed by atoms with Crippen LogP contribution >= 0.6 is 15.9 Å². The van der Waals surface area contributed by atoms with Crippen molar-refractivity contribution in [2.45, 2.75) is 19.4 Å². The highest BCUT2D eigenvalue weighted by Crippen LogP contribution is 2.24. The fourth-order valence-electron chi connectivity index (χ4n) is 2.16. The first-order chi connectivity index (χ1) is 10.0. The number of anilines is 1. The minimum absolute atomic E-state index is 0.0342. The maximum absolute atomic E-state index is 13.6. The van der Waals surface area contributed by atoms with Gasteiger partial charge in [0, 0.05) is 16.7 Å². The van der Waals surface area contributed by atoms with E-state index in [2.05, 4.69) is 21.2 Å². The van der Waals surface area contributed by atoms with Crippen LogP contribution in [-0.2, 0) is 6.42 Å². The van der Waals surface area contributed by atoms with Crippen molar-refractivity contribution in [1.82, 2.24) is 0 Å². The molecule has 0 saturated carbocycles. The van der Waals surface area contributed by atoms with Gasteiger partial charge in [0.2, 0.25) is 0 Å². The van der Waals surface area contributed by atoms with Crippen molar-refractivity contribution in [3.05, 3.63) is 63.6 Å². The molecular weight excluding hydrogens is 340 g/mol. The lowest BCUT2D eigenvalue weighted by molar-refractivity contribution is 0.181. The van der Waals surface area contributed by atoms with Crippen LogP contribution in [0.25, 0.3) is 0 Å². The summed E-state index contributed by atoms with van der Waals surface area (Å²) in [5.74, 6) is -1.48. The van der Waals surface area contributed by atoms with Gasteiger partial charge in [0.25, 0.3) is 0 Å². The van der Waals surface area contributed by atoms with E-state index >= 15 is 0 Å². The summed E-state index contributed by atoms with van der Waals surface area (Å²) < 4.78 is 28.1. The second-order valence-electron chi connectivity index (χ2n) is 4.69. The van der Waals surface area contributed by atoms with Gasteiger partial charge in [-0.05, 0) is 42.3 Å². The lowest BCUT2D eigenvalue weighted by Crippen LogP contribution is -2.15. The van der Waals surface area contributed by atoms with E-state index in [0.29, 0.717) is 0 Å². The van der Waals surface area contributed by atoms with Gasteiger partial charge in [-0.1, -0.05) is 28.9 Å². The molecule has 0 fully saturated rings. The molecule has 0 radical (unpaired) electrons. The third-order valence-electron chi connectivity index (χ3n) is 3.27. The number of hydrogen-bond acceptors (Lipinski definition) is 2. The number of aryl methyl sites for hydroxylation is 1. The van der Waals surface area contributed by atoms with Crippen molar-refractivity contribution in [3.8, 4) is 0 Å². The normalized spacial score (nSPS) is 12.2. The molecule has 2 nitrogen and oxygen atoms in total. The molecular formula is C16H16BrF2NO. The standard InChI is InChI=1S/C16H16BrF2NO/c1-2-10-8-11(17)6-7-14(10)20-9-15(21)16-12(18)4-3-5-13(16)19/h3-8,15,20-21H,2,9H2,1H3. The van der Waals surface area contributed by atoms with Crippen molar-refractivity contribution in [1.29, 1.82) is 0 Å². The summed E-state index contributed by atoms with van der Waals surface area (Å²) in [7, 11) is 0. The van der Waals surface area contributed by atoms with Crippen LogP contribution < -0.4 is 5.32 Å². The number of rotatable bonds is 5. The van der Waals surface area contributed by atoms with Crippen LogP contribution in [0.5, 0.6) is 0 Å². The first-order valence-corrected chi connectivity index (χ1v) is 7.46. The molecule has 0 saturated heterocycles. The Morgan fingerprint density at radius 3 is 2.48 bits per heavy atom. The Bertz CT molecular complexity index is 613. The lowest BCUT2D eigenvalue weighted by atomic mass is 10.1. The maximum atomic E-state index is 13.6. The van der Waals surface area contributed by atoms with Gasteiger partial charge in [0.15, 0.2) is 0 Å². The van der Waals surface area contributed by atoms with Crippen LogP contribution in [-0.4, -0.2) is 11.7 Å². The van der Waals surface area contributed by atoms with Crippen LogP contribution in [0, 0.1) is 11.6 Å². The zero-order chi connectivity index (χ0) is 15.4. The molecule has 2 aromatic carbocycles. The number of aliphatic hydroxyl groups excluding tert-OH is 1. The van der Waals surface area contributed by atoms with Gasteiger partial charge in [-0.3, -0.25) is 0 Å². The Hall–Kier alpha value is -1.46. The molecule has 0 aliphatic rings. The van der Waals surface area contributed by atoms with E-state index in [4.69, 9.17) is 0 Å². The van der Waals surface area contributed by atoms with E-state index < -0.39 is 17.7 Å². The fourth-order valence-corrected chi connectivity index (χ4v) is 2.57. The zero-order valence-electron chi connectivity index (χ0n) is 11.5. The topological polar surface area (TPSA) is 32.3 Å². The molecule has 2 aromatic rings. The quantitative estimate of drug-likeness (QED) is 0.831. The number of aliphatic hydroxyl groups is 1. The molecule has 0 aliphatic heterocycles. The Morgan fingerprint density at radius 1 is 1.19 bits per heavy atom. The average Bonchev–Trinajstić information content (AvgIpc) is 2.45. The molecule has 0 aliphatic carbocycles. The maximum Gasteiger partial charge on any atom is 0.132 e. The number of hydrogen-bond donors (Lipinski definition) is 2. The van der Waals surface area contributed by atoms with E-state index in [0.717, 1.165) is 34.3 Å². The first kappa shape index (κ1) is 15.9. The van der Waals surface area contributed by atoms with Gasteiger partial charge in [-0.15, -0.1) is 0 Å². The minimum Gasteiger partial charge on any atom is -0.386 e. The van der Waals surface area contributed by atoms with Gasteiger partial charge >= 0.3 is 0 Å². The highest BCUT2D eigenvalue weighted by Gasteiger charge is 2.17. The van der Waals surface area contributed by atoms with E-state index in [1.807, 2.05) is 25.1 Å². The molecule has 0 spiro atoms. The van der Waals surface area contributed by atoms with Crippen LogP contribution in [0.1, 0.15) is 24.2 Å². The molecule has 2 N–H and O–H groups in total. The smallest absolute Gasteiger partial charge is 0.132 e. The summed E-state index contributed by atoms with van der Waals surface area (Å²) in [6.07, 6.45) is -0.439. The zero-order valence-corrected chi connectivity index (χ0v) is 13.1. The van der Waals surface area contributed by atoms with E-state index in [-0.39, 0.29) is 12.1 Å². The van der Waals surface area contributed by atoms with Gasteiger partial charge in [0.1, 0.15) is 17.7 Å². The highest BCUT2D eigenvalue weighted by atomic mass is 79.9. The summed E-state index contributed by atoms with van der Waals surface area (Å²) >= 11 is 3.40. The van der Waals surface area contributed by atoms with Crippen molar-refractivity contribution < 1.29 is 13.9 Å². The van der Waals surface area contributed by atoms with Gasteiger partial charge in [-0.25, -0.2) is 8.78 Å². The van der Waals surface area contributed by atoms with Crippen molar-refractivity contribution in [2.24, 2.45) is 0 Å². The summed E-state index contributed by atoms with van der Waals surface area (Å²) in [5.41, 5.74) is 1.60. The second kappa shape index (κ2) is 7.00. The molecule has 0 bridgehead atoms. The largest absolute Gasteiger partial charge is 0.386 e. The van der Waals surface area contributed by atoms with Crippen LogP contribution in [0.4, 0.5) is 14.5 Å². The van der Waals surface area contributed by atoms with Gasteiger partial charge in [0.05, 0.1) is 5.56 Å². The molecule has 21 heavy (non-hydrogen) atoms. The Labute approximate surface area is 130 Å². The lowest BCUT2D eigenvalue weighted by Gasteiger charge is -2.16. The first-order valence-electron chi connectivity index (χ1n) is 6.67. The highest BCUT2D eigenvalue weighted by molar-refractivity contribution is 9.10. The number of benzene rings is 2. The van der Waals surface area contributed by atoms with Crippen molar-refractivity contribution in [3.63, 3.8) is 0 Å². The third-order valence-corrected chi connectivity index (χ3v) is 3.76. The monoisotopic (exact) mass is 355 g/mol. The molecule has 0 amide bonds. The van der Waals surface area contributed by atoms with Crippen LogP contribution in [0.3, 0.4) is 0 Å². The van der Waals surface area contributed by atoms with E-state index in [1.165, 1.54) is 6.07 Å². The number of halogens is 3. The predicted molar refractivity (Wildman–Crippen MR) is 83.3 cm³/mol. The van der Waals surface area contributed by atoms with Gasteiger partial charge in [-0.2, -0.15) is 0 Å². The van der Waals surface area contributed by atoms with Crippen molar-refractivity contribution in [2.75, 3.05) is 11.9 Å². The van der Waals surface area contributed by atoms with Crippen molar-refractivity contribution >= 4 is 21.6 Å². The number of nitrogens with one attached hydrogen (secondary N) is 1. The summed E-state index contributed by atoms with van der Waals surface area (Å²) in [6, 6.07) is 9.26. The molecule has 112 valence electrons. The minimum atomic E-state index is -1.25. The molecule has 1 atom stereocenters. The SMILES string of the molecule is CCc1cc(Br)ccc1NCC(O)c1c(F)cccc1F. The van der Waals surface area contributed by atoms with Gasteiger partial charge < -0.3 is 10.4 Å². The summed E-state index contributed by atoms with van der Waals surface area (Å²) in [4.78, 5) is 0. The van der Waals surface area contributed by atoms with E-state index in [1.54, 1.807) is 0 Å². The molecule has 2 rings (SSSR count). The Kier molecular flexibility index (Phi) is 5.31. The molecule has 0 aromatic heterocycles. The fraction of sp³-hybridized carbons (Fsp3) is 0.250. The van der Waals surface area contributed by atoms with Crippen LogP contribution in [0.15, 0.2) is 40.9 Å². The third kappa shape index (κ3) is 3.80. The van der Waals surface area contributed by atoms with Crippen LogP contribution in [0.2, 0.25) is 0 Å². The Balaban J connectivity index is 2.13. The summed E-state index contributed by atoms with van der Waals surface area (Å²) in [6.45, 7) is 2.05. The summed E-state index contributed by atoms with van der Waals surface area (Å²) in [5, 5.41) is 13.0. The molecule has 1 unspecified atom stereocenters. The second-order valence-corrected chi connectivity index (χ2v) is 5.60. The predicted octanol–water partition coefficient (Wildman–Crippen LogP) is 4.44.